The Morgan fingerprint density at radius 3 is 2.94 bits per heavy atom. The molecule has 5 heteroatoms. The third-order valence-corrected chi connectivity index (χ3v) is 2.85. The highest BCUT2D eigenvalue weighted by atomic mass is 19.1. The second kappa shape index (κ2) is 5.62. The normalized spacial score (nSPS) is 19.8. The molecule has 1 amide bonds. The van der Waals surface area contributed by atoms with Gasteiger partial charge in [0, 0.05) is 12.1 Å². The molecule has 1 atom stereocenters. The van der Waals surface area contributed by atoms with Crippen LogP contribution in [0.5, 0.6) is 5.75 Å². The number of amides is 1. The quantitative estimate of drug-likeness (QED) is 0.832. The van der Waals surface area contributed by atoms with E-state index in [1.165, 1.54) is 12.1 Å². The summed E-state index contributed by atoms with van der Waals surface area (Å²) in [4.78, 5) is 22.1. The molecule has 1 aliphatic rings. The largest absolute Gasteiger partial charge is 0.478 e. The molecule has 0 radical (unpaired) electrons. The molecule has 0 bridgehead atoms. The van der Waals surface area contributed by atoms with E-state index in [0.717, 1.165) is 18.9 Å². The van der Waals surface area contributed by atoms with Gasteiger partial charge in [-0.3, -0.25) is 9.59 Å². The summed E-state index contributed by atoms with van der Waals surface area (Å²) in [5.74, 6) is -0.842. The first-order valence-electron chi connectivity index (χ1n) is 5.90. The van der Waals surface area contributed by atoms with E-state index in [4.69, 9.17) is 4.74 Å². The molecule has 1 N–H and O–H groups in total. The van der Waals surface area contributed by atoms with Gasteiger partial charge >= 0.3 is 0 Å². The van der Waals surface area contributed by atoms with Gasteiger partial charge in [0.2, 0.25) is 0 Å². The molecule has 18 heavy (non-hydrogen) atoms. The number of hydrogen-bond acceptors (Lipinski definition) is 3. The Bertz CT molecular complexity index is 462. The number of carbonyl (C=O) groups is 2. The zero-order valence-corrected chi connectivity index (χ0v) is 9.82. The number of benzene rings is 1. The van der Waals surface area contributed by atoms with Crippen LogP contribution in [0.4, 0.5) is 4.39 Å². The first-order chi connectivity index (χ1) is 8.70. The number of rotatable bonds is 3. The molecular weight excluding hydrogens is 237 g/mol. The van der Waals surface area contributed by atoms with Crippen molar-refractivity contribution in [1.82, 2.24) is 5.32 Å². The first kappa shape index (κ1) is 12.5. The molecule has 1 aliphatic heterocycles. The van der Waals surface area contributed by atoms with Gasteiger partial charge in [0.15, 0.2) is 17.7 Å². The van der Waals surface area contributed by atoms with E-state index in [0.29, 0.717) is 19.3 Å². The molecule has 0 spiro atoms. The summed E-state index contributed by atoms with van der Waals surface area (Å²) in [5, 5.41) is 2.71. The first-order valence-corrected chi connectivity index (χ1v) is 5.90. The highest BCUT2D eigenvalue weighted by Gasteiger charge is 2.23. The van der Waals surface area contributed by atoms with Gasteiger partial charge in [-0.1, -0.05) is 0 Å². The number of hydrogen-bond donors (Lipinski definition) is 1. The van der Waals surface area contributed by atoms with Gasteiger partial charge < -0.3 is 10.1 Å². The molecule has 0 aliphatic carbocycles. The summed E-state index contributed by atoms with van der Waals surface area (Å²) in [7, 11) is 0. The number of nitrogens with one attached hydrogen (secondary N) is 1. The van der Waals surface area contributed by atoms with Gasteiger partial charge in [0.1, 0.15) is 6.29 Å². The van der Waals surface area contributed by atoms with Gasteiger partial charge in [-0.2, -0.15) is 0 Å². The number of ether oxygens (including phenoxy) is 1. The van der Waals surface area contributed by atoms with Crippen molar-refractivity contribution in [2.24, 2.45) is 0 Å². The van der Waals surface area contributed by atoms with Crippen LogP contribution in [0, 0.1) is 5.82 Å². The average Bonchev–Trinajstić information content (AvgIpc) is 2.57. The van der Waals surface area contributed by atoms with E-state index < -0.39 is 11.9 Å². The summed E-state index contributed by atoms with van der Waals surface area (Å²) in [6, 6.07) is 3.92. The van der Waals surface area contributed by atoms with Crippen LogP contribution >= 0.6 is 0 Å². The fourth-order valence-corrected chi connectivity index (χ4v) is 1.86. The van der Waals surface area contributed by atoms with Crippen molar-refractivity contribution in [3.8, 4) is 5.75 Å². The average molecular weight is 251 g/mol. The van der Waals surface area contributed by atoms with Crippen LogP contribution in [-0.2, 0) is 4.79 Å². The molecule has 1 aromatic rings. The Hall–Kier alpha value is -1.91. The van der Waals surface area contributed by atoms with E-state index in [1.807, 2.05) is 0 Å². The number of aldehydes is 1. The van der Waals surface area contributed by atoms with Crippen molar-refractivity contribution < 1.29 is 18.7 Å². The zero-order valence-electron chi connectivity index (χ0n) is 9.82. The van der Waals surface area contributed by atoms with Gasteiger partial charge in [-0.25, -0.2) is 4.39 Å². The fourth-order valence-electron chi connectivity index (χ4n) is 1.86. The van der Waals surface area contributed by atoms with Crippen molar-refractivity contribution >= 4 is 12.2 Å². The monoisotopic (exact) mass is 251 g/mol. The third-order valence-electron chi connectivity index (χ3n) is 2.85. The molecule has 1 aromatic carbocycles. The highest BCUT2D eigenvalue weighted by Crippen LogP contribution is 2.21. The maximum absolute atomic E-state index is 13.6. The molecule has 4 nitrogen and oxygen atoms in total. The minimum atomic E-state index is -0.663. The lowest BCUT2D eigenvalue weighted by Gasteiger charge is -2.16. The fraction of sp³-hybridized carbons (Fsp3) is 0.385. The minimum Gasteiger partial charge on any atom is -0.478 e. The standard InChI is InChI=1S/C13H14FNO3/c14-10-7-9(8-16)4-5-11(10)18-12-3-1-2-6-15-13(12)17/h4-5,7-8,12H,1-3,6H2,(H,15,17). The van der Waals surface area contributed by atoms with Crippen molar-refractivity contribution in [2.45, 2.75) is 25.4 Å². The van der Waals surface area contributed by atoms with Gasteiger partial charge in [-0.05, 0) is 37.5 Å². The van der Waals surface area contributed by atoms with Crippen LogP contribution in [0.3, 0.4) is 0 Å². The Kier molecular flexibility index (Phi) is 3.92. The van der Waals surface area contributed by atoms with Crippen LogP contribution in [-0.4, -0.2) is 24.8 Å². The molecule has 1 fully saturated rings. The maximum atomic E-state index is 13.6. The predicted molar refractivity (Wildman–Crippen MR) is 63.1 cm³/mol. The van der Waals surface area contributed by atoms with E-state index in [2.05, 4.69) is 5.32 Å². The highest BCUT2D eigenvalue weighted by molar-refractivity contribution is 5.81. The van der Waals surface area contributed by atoms with Crippen molar-refractivity contribution in [3.63, 3.8) is 0 Å². The topological polar surface area (TPSA) is 55.4 Å². The maximum Gasteiger partial charge on any atom is 0.261 e. The smallest absolute Gasteiger partial charge is 0.261 e. The predicted octanol–water partition coefficient (Wildman–Crippen LogP) is 1.69. The van der Waals surface area contributed by atoms with Crippen LogP contribution in [0.15, 0.2) is 18.2 Å². The molecule has 2 rings (SSSR count). The summed E-state index contributed by atoms with van der Waals surface area (Å²) >= 11 is 0. The van der Waals surface area contributed by atoms with E-state index in [-0.39, 0.29) is 17.2 Å². The third kappa shape index (κ3) is 2.85. The van der Waals surface area contributed by atoms with Crippen LogP contribution in [0.2, 0.25) is 0 Å². The van der Waals surface area contributed by atoms with Crippen molar-refractivity contribution in [3.05, 3.63) is 29.6 Å². The zero-order chi connectivity index (χ0) is 13.0. The van der Waals surface area contributed by atoms with E-state index in [1.54, 1.807) is 0 Å². The van der Waals surface area contributed by atoms with Crippen LogP contribution < -0.4 is 10.1 Å². The van der Waals surface area contributed by atoms with Gasteiger partial charge in [0.05, 0.1) is 0 Å². The SMILES string of the molecule is O=Cc1ccc(OC2CCCCNC2=O)c(F)c1. The lowest BCUT2D eigenvalue weighted by Crippen LogP contribution is -2.36. The second-order valence-corrected chi connectivity index (χ2v) is 4.20. The number of halogens is 1. The molecular formula is C13H14FNO3. The molecule has 0 saturated carbocycles. The van der Waals surface area contributed by atoms with E-state index >= 15 is 0 Å². The van der Waals surface area contributed by atoms with Crippen LogP contribution in [0.25, 0.3) is 0 Å². The van der Waals surface area contributed by atoms with Crippen LogP contribution in [0.1, 0.15) is 29.6 Å². The minimum absolute atomic E-state index is 0.00245. The van der Waals surface area contributed by atoms with Crippen molar-refractivity contribution in [1.29, 1.82) is 0 Å². The Morgan fingerprint density at radius 1 is 1.39 bits per heavy atom. The summed E-state index contributed by atoms with van der Waals surface area (Å²) in [6.07, 6.45) is 2.23. The van der Waals surface area contributed by atoms with E-state index in [9.17, 15) is 14.0 Å². The molecule has 1 unspecified atom stereocenters. The Balaban J connectivity index is 2.12. The second-order valence-electron chi connectivity index (χ2n) is 4.20. The van der Waals surface area contributed by atoms with Gasteiger partial charge in [0.25, 0.3) is 5.91 Å². The lowest BCUT2D eigenvalue weighted by molar-refractivity contribution is -0.127. The molecule has 96 valence electrons. The molecule has 0 aromatic heterocycles. The Labute approximate surface area is 104 Å². The summed E-state index contributed by atoms with van der Waals surface area (Å²) in [5.41, 5.74) is 0.241. The molecule has 1 heterocycles. The number of carbonyl (C=O) groups excluding carboxylic acids is 2. The van der Waals surface area contributed by atoms with Crippen molar-refractivity contribution in [2.75, 3.05) is 6.54 Å². The lowest BCUT2D eigenvalue weighted by atomic mass is 10.1. The molecule has 1 saturated heterocycles. The van der Waals surface area contributed by atoms with Gasteiger partial charge in [-0.15, -0.1) is 0 Å². The summed E-state index contributed by atoms with van der Waals surface area (Å²) < 4.78 is 19.0. The Morgan fingerprint density at radius 2 is 2.22 bits per heavy atom. The summed E-state index contributed by atoms with van der Waals surface area (Å²) in [6.45, 7) is 0.630.